The van der Waals surface area contributed by atoms with Gasteiger partial charge in [-0.3, -0.25) is 9.59 Å². The number of nitrogens with zero attached hydrogens (tertiary/aromatic N) is 4. The van der Waals surface area contributed by atoms with Gasteiger partial charge in [-0.1, -0.05) is 0 Å². The smallest absolute Gasteiger partial charge is 0.475 e. The van der Waals surface area contributed by atoms with Crippen LogP contribution in [0.1, 0.15) is 18.7 Å². The Labute approximate surface area is 133 Å². The van der Waals surface area contributed by atoms with Crippen molar-refractivity contribution in [2.75, 3.05) is 6.54 Å². The highest BCUT2D eigenvalue weighted by molar-refractivity contribution is 5.90. The normalized spacial score (nSPS) is 19.9. The van der Waals surface area contributed by atoms with Crippen LogP contribution in [-0.2, 0) is 27.5 Å². The van der Waals surface area contributed by atoms with Gasteiger partial charge in [-0.25, -0.2) is 4.79 Å². The van der Waals surface area contributed by atoms with E-state index in [1.807, 2.05) is 4.57 Å². The lowest BCUT2D eigenvalue weighted by molar-refractivity contribution is -0.192. The van der Waals surface area contributed by atoms with Gasteiger partial charge in [0.05, 0.1) is 6.54 Å². The maximum atomic E-state index is 12.1. The molecule has 0 unspecified atom stereocenters. The molecule has 2 aliphatic rings. The number of aliphatic carboxylic acids is 1. The molecule has 3 rings (SSSR count). The van der Waals surface area contributed by atoms with Crippen LogP contribution in [0, 0.1) is 0 Å². The zero-order valence-electron chi connectivity index (χ0n) is 12.3. The molecule has 0 bridgehead atoms. The molecule has 3 heterocycles. The van der Waals surface area contributed by atoms with E-state index in [1.54, 1.807) is 11.2 Å². The molecule has 0 saturated carbocycles. The van der Waals surface area contributed by atoms with Crippen LogP contribution in [0.15, 0.2) is 6.33 Å². The molecule has 0 spiro atoms. The first-order valence-corrected chi connectivity index (χ1v) is 6.93. The molecule has 1 aromatic heterocycles. The molecule has 0 radical (unpaired) electrons. The number of rotatable bonds is 1. The Hall–Kier alpha value is -2.66. The van der Waals surface area contributed by atoms with Crippen molar-refractivity contribution in [3.63, 3.8) is 0 Å². The van der Waals surface area contributed by atoms with E-state index in [2.05, 4.69) is 15.5 Å². The molecular weight excluding hydrogens is 335 g/mol. The predicted molar refractivity (Wildman–Crippen MR) is 70.3 cm³/mol. The van der Waals surface area contributed by atoms with Crippen molar-refractivity contribution >= 4 is 17.8 Å². The lowest BCUT2D eigenvalue weighted by Gasteiger charge is -2.29. The first kappa shape index (κ1) is 17.7. The van der Waals surface area contributed by atoms with Gasteiger partial charge in [-0.05, 0) is 6.42 Å². The van der Waals surface area contributed by atoms with Crippen LogP contribution in [0.3, 0.4) is 0 Å². The molecule has 1 fully saturated rings. The number of carbonyl (C=O) groups is 3. The summed E-state index contributed by atoms with van der Waals surface area (Å²) in [5, 5.41) is 17.6. The number of halogens is 3. The minimum Gasteiger partial charge on any atom is -0.475 e. The number of nitrogens with one attached hydrogen (secondary N) is 1. The number of carboxylic acids is 1. The fourth-order valence-electron chi connectivity index (χ4n) is 2.27. The highest BCUT2D eigenvalue weighted by Gasteiger charge is 2.38. The molecule has 2 N–H and O–H groups in total. The molecule has 132 valence electrons. The van der Waals surface area contributed by atoms with Crippen molar-refractivity contribution in [2.24, 2.45) is 0 Å². The Kier molecular flexibility index (Phi) is 5.04. The van der Waals surface area contributed by atoms with E-state index in [-0.39, 0.29) is 17.9 Å². The van der Waals surface area contributed by atoms with Crippen LogP contribution in [0.25, 0.3) is 0 Å². The highest BCUT2D eigenvalue weighted by Crippen LogP contribution is 2.15. The number of amides is 2. The fourth-order valence-corrected chi connectivity index (χ4v) is 2.27. The minimum atomic E-state index is -5.08. The molecule has 2 aliphatic heterocycles. The molecule has 1 saturated heterocycles. The van der Waals surface area contributed by atoms with Gasteiger partial charge in [-0.2, -0.15) is 13.2 Å². The Balaban J connectivity index is 0.000000256. The third-order valence-electron chi connectivity index (χ3n) is 3.49. The molecule has 0 aliphatic carbocycles. The summed E-state index contributed by atoms with van der Waals surface area (Å²) in [6.07, 6.45) is -2.37. The molecule has 2 amide bonds. The van der Waals surface area contributed by atoms with Crippen molar-refractivity contribution in [2.45, 2.75) is 38.1 Å². The van der Waals surface area contributed by atoms with Gasteiger partial charge in [0, 0.05) is 19.5 Å². The van der Waals surface area contributed by atoms with Crippen molar-refractivity contribution in [3.8, 4) is 0 Å². The lowest BCUT2D eigenvalue weighted by atomic mass is 10.2. The third-order valence-corrected chi connectivity index (χ3v) is 3.49. The zero-order chi connectivity index (χ0) is 17.9. The first-order chi connectivity index (χ1) is 11.2. The molecule has 24 heavy (non-hydrogen) atoms. The molecule has 1 aromatic rings. The Morgan fingerprint density at radius 1 is 1.33 bits per heavy atom. The van der Waals surface area contributed by atoms with E-state index in [4.69, 9.17) is 9.90 Å². The zero-order valence-corrected chi connectivity index (χ0v) is 12.3. The SMILES string of the molecule is O=C(O)C(F)(F)F.O=C1CC[C@@H](C(=O)N2CCn3cnnc3C2)N1. The summed E-state index contributed by atoms with van der Waals surface area (Å²) in [6.45, 7) is 1.84. The summed E-state index contributed by atoms with van der Waals surface area (Å²) >= 11 is 0. The summed E-state index contributed by atoms with van der Waals surface area (Å²) in [6, 6.07) is -0.350. The number of carbonyl (C=O) groups excluding carboxylic acids is 2. The van der Waals surface area contributed by atoms with Gasteiger partial charge < -0.3 is 19.9 Å². The number of fused-ring (bicyclic) bond motifs is 1. The quantitative estimate of drug-likeness (QED) is 0.708. The number of hydrogen-bond donors (Lipinski definition) is 2. The first-order valence-electron chi connectivity index (χ1n) is 6.93. The van der Waals surface area contributed by atoms with Gasteiger partial charge in [-0.15, -0.1) is 10.2 Å². The Morgan fingerprint density at radius 3 is 2.54 bits per heavy atom. The molecule has 0 aromatic carbocycles. The number of carboxylic acid groups (broad SMARTS) is 1. The van der Waals surface area contributed by atoms with Crippen LogP contribution in [-0.4, -0.2) is 61.3 Å². The van der Waals surface area contributed by atoms with Crippen LogP contribution < -0.4 is 5.32 Å². The van der Waals surface area contributed by atoms with Gasteiger partial charge in [0.15, 0.2) is 5.82 Å². The van der Waals surface area contributed by atoms with Crippen molar-refractivity contribution in [3.05, 3.63) is 12.2 Å². The van der Waals surface area contributed by atoms with Crippen LogP contribution in [0.5, 0.6) is 0 Å². The second-order valence-electron chi connectivity index (χ2n) is 5.16. The summed E-state index contributed by atoms with van der Waals surface area (Å²) in [5.41, 5.74) is 0. The maximum Gasteiger partial charge on any atom is 0.490 e. The highest BCUT2D eigenvalue weighted by atomic mass is 19.4. The average molecular weight is 349 g/mol. The van der Waals surface area contributed by atoms with Crippen molar-refractivity contribution < 1.29 is 32.7 Å². The van der Waals surface area contributed by atoms with Gasteiger partial charge >= 0.3 is 12.1 Å². The van der Waals surface area contributed by atoms with E-state index in [0.717, 1.165) is 12.4 Å². The van der Waals surface area contributed by atoms with E-state index in [1.165, 1.54) is 0 Å². The van der Waals surface area contributed by atoms with Gasteiger partial charge in [0.2, 0.25) is 11.8 Å². The standard InChI is InChI=1S/C10H13N5O2.C2HF3O2/c16-9-2-1-7(12-9)10(17)14-3-4-15-6-11-13-8(15)5-14;3-2(4,5)1(6)7/h6-7H,1-5H2,(H,12,16);(H,6,7)/t7-;/m0./s1. The summed E-state index contributed by atoms with van der Waals surface area (Å²) < 4.78 is 33.7. The summed E-state index contributed by atoms with van der Waals surface area (Å²) in [7, 11) is 0. The number of hydrogen-bond acceptors (Lipinski definition) is 5. The number of alkyl halides is 3. The Morgan fingerprint density at radius 2 is 2.00 bits per heavy atom. The number of aromatic nitrogens is 3. The Bertz CT molecular complexity index is 645. The third kappa shape index (κ3) is 4.20. The van der Waals surface area contributed by atoms with E-state index in [0.29, 0.717) is 25.9 Å². The summed E-state index contributed by atoms with van der Waals surface area (Å²) in [4.78, 5) is 33.9. The van der Waals surface area contributed by atoms with E-state index >= 15 is 0 Å². The van der Waals surface area contributed by atoms with Crippen molar-refractivity contribution in [1.29, 1.82) is 0 Å². The topological polar surface area (TPSA) is 117 Å². The van der Waals surface area contributed by atoms with E-state index in [9.17, 15) is 22.8 Å². The second-order valence-corrected chi connectivity index (χ2v) is 5.16. The van der Waals surface area contributed by atoms with Crippen molar-refractivity contribution in [1.82, 2.24) is 25.0 Å². The van der Waals surface area contributed by atoms with Crippen LogP contribution in [0.2, 0.25) is 0 Å². The predicted octanol–water partition coefficient (Wildman–Crippen LogP) is -0.468. The monoisotopic (exact) mass is 349 g/mol. The molecule has 12 heteroatoms. The van der Waals surface area contributed by atoms with Crippen LogP contribution >= 0.6 is 0 Å². The average Bonchev–Trinajstić information content (AvgIpc) is 3.13. The lowest BCUT2D eigenvalue weighted by Crippen LogP contribution is -2.47. The van der Waals surface area contributed by atoms with Crippen LogP contribution in [0.4, 0.5) is 13.2 Å². The molecule has 9 nitrogen and oxygen atoms in total. The second kappa shape index (κ2) is 6.84. The van der Waals surface area contributed by atoms with E-state index < -0.39 is 12.1 Å². The largest absolute Gasteiger partial charge is 0.490 e. The fraction of sp³-hybridized carbons (Fsp3) is 0.583. The molecular formula is C12H14F3N5O4. The maximum absolute atomic E-state index is 12.1. The van der Waals surface area contributed by atoms with Gasteiger partial charge in [0.1, 0.15) is 12.4 Å². The molecule has 1 atom stereocenters. The summed E-state index contributed by atoms with van der Waals surface area (Å²) in [5.74, 6) is -2.00. The minimum absolute atomic E-state index is 0.00917. The van der Waals surface area contributed by atoms with Gasteiger partial charge in [0.25, 0.3) is 0 Å².